The van der Waals surface area contributed by atoms with Gasteiger partial charge in [-0.3, -0.25) is 4.79 Å². The quantitative estimate of drug-likeness (QED) is 0.223. The number of para-hydroxylation sites is 1. The van der Waals surface area contributed by atoms with Crippen molar-refractivity contribution < 1.29 is 38.4 Å². The summed E-state index contributed by atoms with van der Waals surface area (Å²) in [5.41, 5.74) is 2.38. The van der Waals surface area contributed by atoms with Gasteiger partial charge in [0.05, 0.1) is 25.4 Å². The highest BCUT2D eigenvalue weighted by Gasteiger charge is 2.31. The molecule has 0 radical (unpaired) electrons. The van der Waals surface area contributed by atoms with Crippen molar-refractivity contribution in [3.05, 3.63) is 83.7 Å². The third-order valence-electron chi connectivity index (χ3n) is 6.06. The Kier molecular flexibility index (Phi) is 9.39. The fraction of sp³-hybridized carbons (Fsp3) is 0.267. The third-order valence-corrected chi connectivity index (χ3v) is 6.06. The van der Waals surface area contributed by atoms with Gasteiger partial charge in [0.25, 0.3) is 0 Å². The molecule has 9 heteroatoms. The van der Waals surface area contributed by atoms with Crippen LogP contribution in [0.2, 0.25) is 0 Å². The van der Waals surface area contributed by atoms with Crippen molar-refractivity contribution in [2.45, 2.75) is 25.4 Å². The molecule has 0 aliphatic carbocycles. The zero-order valence-electron chi connectivity index (χ0n) is 21.3. The number of carbonyl (C=O) groups is 2. The molecule has 0 aromatic heterocycles. The summed E-state index contributed by atoms with van der Waals surface area (Å²) in [6.07, 6.45) is 3.75. The van der Waals surface area contributed by atoms with E-state index in [2.05, 4.69) is 0 Å². The Balaban J connectivity index is 1.34. The number of fused-ring (bicyclic) bond motifs is 1. The van der Waals surface area contributed by atoms with Crippen LogP contribution < -0.4 is 19.1 Å². The van der Waals surface area contributed by atoms with Crippen LogP contribution in [0.1, 0.15) is 30.4 Å². The van der Waals surface area contributed by atoms with Crippen LogP contribution >= 0.6 is 0 Å². The van der Waals surface area contributed by atoms with Crippen LogP contribution in [0.4, 0.5) is 10.1 Å². The first-order valence-corrected chi connectivity index (χ1v) is 12.7. The minimum atomic E-state index is -1.07. The van der Waals surface area contributed by atoms with E-state index in [0.717, 1.165) is 16.8 Å². The molecule has 2 N–H and O–H groups in total. The van der Waals surface area contributed by atoms with E-state index in [4.69, 9.17) is 19.3 Å². The summed E-state index contributed by atoms with van der Waals surface area (Å²) in [6, 6.07) is 19.1. The minimum absolute atomic E-state index is 0.00637. The van der Waals surface area contributed by atoms with Crippen molar-refractivity contribution in [1.29, 1.82) is 0 Å². The van der Waals surface area contributed by atoms with E-state index in [9.17, 15) is 19.1 Å². The summed E-state index contributed by atoms with van der Waals surface area (Å²) in [4.78, 5) is 24.5. The Labute approximate surface area is 225 Å². The number of hydrogen-bond acceptors (Lipinski definition) is 6. The predicted octanol–water partition coefficient (Wildman–Crippen LogP) is 5.36. The lowest BCUT2D eigenvalue weighted by molar-refractivity contribution is -0.145. The van der Waals surface area contributed by atoms with Crippen molar-refractivity contribution in [2.24, 2.45) is 0 Å². The predicted molar refractivity (Wildman–Crippen MR) is 145 cm³/mol. The fourth-order valence-corrected chi connectivity index (χ4v) is 4.15. The number of carboxylic acids is 2. The topological polar surface area (TPSA) is 106 Å². The first kappa shape index (κ1) is 27.5. The summed E-state index contributed by atoms with van der Waals surface area (Å²) in [5, 5.41) is 18.5. The molecule has 1 aliphatic heterocycles. The molecular formula is C30H30FNO7. The summed E-state index contributed by atoms with van der Waals surface area (Å²) in [5.74, 6) is -0.639. The number of aliphatic carboxylic acids is 2. The lowest BCUT2D eigenvalue weighted by atomic mass is 10.1. The van der Waals surface area contributed by atoms with E-state index < -0.39 is 18.0 Å². The number of halogens is 1. The molecule has 3 aromatic carbocycles. The molecule has 39 heavy (non-hydrogen) atoms. The molecular weight excluding hydrogens is 505 g/mol. The van der Waals surface area contributed by atoms with Crippen molar-refractivity contribution in [2.75, 3.05) is 31.2 Å². The Bertz CT molecular complexity index is 1310. The summed E-state index contributed by atoms with van der Waals surface area (Å²) < 4.78 is 30.3. The minimum Gasteiger partial charge on any atom is -0.493 e. The zero-order valence-corrected chi connectivity index (χ0v) is 21.3. The van der Waals surface area contributed by atoms with Gasteiger partial charge in [-0.25, -0.2) is 9.18 Å². The van der Waals surface area contributed by atoms with Gasteiger partial charge >= 0.3 is 11.9 Å². The summed E-state index contributed by atoms with van der Waals surface area (Å²) >= 11 is 0. The number of rotatable bonds is 13. The van der Waals surface area contributed by atoms with E-state index in [0.29, 0.717) is 49.8 Å². The average molecular weight is 536 g/mol. The monoisotopic (exact) mass is 535 g/mol. The molecule has 1 unspecified atom stereocenters. The van der Waals surface area contributed by atoms with Crippen LogP contribution in [0.15, 0.2) is 66.7 Å². The SMILES string of the molecule is O=C(O)CCCN1CC(C(=O)O)Oc2c(/C=C/c3ccc(OCCCOc4cccc(F)c4)cc3)cccc21. The second-order valence-electron chi connectivity index (χ2n) is 8.99. The van der Waals surface area contributed by atoms with Gasteiger partial charge < -0.3 is 29.3 Å². The summed E-state index contributed by atoms with van der Waals surface area (Å²) in [6.45, 7) is 1.42. The Morgan fingerprint density at radius 1 is 0.949 bits per heavy atom. The molecule has 0 bridgehead atoms. The van der Waals surface area contributed by atoms with Crippen molar-refractivity contribution in [3.63, 3.8) is 0 Å². The molecule has 204 valence electrons. The maximum Gasteiger partial charge on any atom is 0.346 e. The van der Waals surface area contributed by atoms with Crippen LogP contribution in [0.25, 0.3) is 12.2 Å². The maximum absolute atomic E-state index is 13.2. The number of hydrogen-bond donors (Lipinski definition) is 2. The number of anilines is 1. The van der Waals surface area contributed by atoms with Gasteiger partial charge in [0.15, 0.2) is 5.75 Å². The zero-order chi connectivity index (χ0) is 27.6. The molecule has 0 fully saturated rings. The number of nitrogens with zero attached hydrogens (tertiary/aromatic N) is 1. The van der Waals surface area contributed by atoms with Crippen molar-refractivity contribution in [1.82, 2.24) is 0 Å². The van der Waals surface area contributed by atoms with E-state index in [1.54, 1.807) is 12.1 Å². The van der Waals surface area contributed by atoms with Gasteiger partial charge in [-0.05, 0) is 42.3 Å². The van der Waals surface area contributed by atoms with Gasteiger partial charge in [-0.1, -0.05) is 42.5 Å². The van der Waals surface area contributed by atoms with Crippen LogP contribution in [0.5, 0.6) is 17.2 Å². The fourth-order valence-electron chi connectivity index (χ4n) is 4.15. The van der Waals surface area contributed by atoms with Crippen LogP contribution in [-0.2, 0) is 9.59 Å². The Hall–Kier alpha value is -4.53. The van der Waals surface area contributed by atoms with E-state index in [-0.39, 0.29) is 18.8 Å². The first-order chi connectivity index (χ1) is 18.9. The Morgan fingerprint density at radius 3 is 2.41 bits per heavy atom. The highest BCUT2D eigenvalue weighted by Crippen LogP contribution is 2.38. The second kappa shape index (κ2) is 13.3. The van der Waals surface area contributed by atoms with Crippen LogP contribution in [0, 0.1) is 5.82 Å². The number of ether oxygens (including phenoxy) is 3. The lowest BCUT2D eigenvalue weighted by Crippen LogP contribution is -2.45. The molecule has 1 aliphatic rings. The third kappa shape index (κ3) is 7.98. The molecule has 1 atom stereocenters. The smallest absolute Gasteiger partial charge is 0.346 e. The molecule has 8 nitrogen and oxygen atoms in total. The molecule has 4 rings (SSSR count). The Morgan fingerprint density at radius 2 is 1.69 bits per heavy atom. The van der Waals surface area contributed by atoms with Gasteiger partial charge in [0.1, 0.15) is 17.3 Å². The van der Waals surface area contributed by atoms with Crippen molar-refractivity contribution >= 4 is 29.8 Å². The average Bonchev–Trinajstić information content (AvgIpc) is 2.92. The number of benzene rings is 3. The van der Waals surface area contributed by atoms with Crippen molar-refractivity contribution in [3.8, 4) is 17.2 Å². The molecule has 0 saturated heterocycles. The standard InChI is InChI=1S/C30H30FNO7/c31-23-6-2-7-25(19-23)38-18-4-17-37-24-14-11-21(12-15-24)10-13-22-5-1-8-26-29(22)39-27(30(35)36)20-32(26)16-3-9-28(33)34/h1-2,5-8,10-15,19,27H,3-4,9,16-18,20H2,(H,33,34)(H,35,36)/b13-10+. The van der Waals surface area contributed by atoms with Gasteiger partial charge in [-0.2, -0.15) is 0 Å². The summed E-state index contributed by atoms with van der Waals surface area (Å²) in [7, 11) is 0. The molecule has 1 heterocycles. The van der Waals surface area contributed by atoms with E-state index in [1.807, 2.05) is 59.5 Å². The maximum atomic E-state index is 13.2. The molecule has 0 saturated carbocycles. The van der Waals surface area contributed by atoms with E-state index >= 15 is 0 Å². The molecule has 3 aromatic rings. The highest BCUT2D eigenvalue weighted by molar-refractivity contribution is 5.81. The van der Waals surface area contributed by atoms with Crippen LogP contribution in [0.3, 0.4) is 0 Å². The first-order valence-electron chi connectivity index (χ1n) is 12.7. The largest absolute Gasteiger partial charge is 0.493 e. The second-order valence-corrected chi connectivity index (χ2v) is 8.99. The molecule has 0 amide bonds. The van der Waals surface area contributed by atoms with Gasteiger partial charge in [-0.15, -0.1) is 0 Å². The van der Waals surface area contributed by atoms with E-state index in [1.165, 1.54) is 12.1 Å². The number of carboxylic acid groups (broad SMARTS) is 2. The van der Waals surface area contributed by atoms with Gasteiger partial charge in [0, 0.05) is 31.0 Å². The highest BCUT2D eigenvalue weighted by atomic mass is 19.1. The van der Waals surface area contributed by atoms with Crippen LogP contribution in [-0.4, -0.2) is 54.6 Å². The van der Waals surface area contributed by atoms with Gasteiger partial charge in [0.2, 0.25) is 6.10 Å². The normalized spacial score (nSPS) is 14.5. The molecule has 0 spiro atoms. The lowest BCUT2D eigenvalue weighted by Gasteiger charge is -2.35.